The summed E-state index contributed by atoms with van der Waals surface area (Å²) in [7, 11) is 0. The summed E-state index contributed by atoms with van der Waals surface area (Å²) in [5.41, 5.74) is 5.15. The van der Waals surface area contributed by atoms with Crippen molar-refractivity contribution < 1.29 is 0 Å². The number of nitrogens with one attached hydrogen (secondary N) is 1. The normalized spacial score (nSPS) is 12.2. The number of aromatic amines is 1. The maximum absolute atomic E-state index is 12.0. The molecular formula is C24H24ClNO. The molecule has 0 amide bonds. The van der Waals surface area contributed by atoms with Crippen molar-refractivity contribution in [3.05, 3.63) is 111 Å². The standard InChI is InChI=1S/C24H24ClNO/c1-24(2,3)19-12-10-18(11-13-19)20(14-9-17-7-5-4-6-8-17)22-16-15-21(25)23(27)26-22/h4-8,10-16H,9H2,1-3H3,(H,26,27)/b20-14+. The molecule has 0 atom stereocenters. The molecule has 0 radical (unpaired) electrons. The Kier molecular flexibility index (Phi) is 5.67. The summed E-state index contributed by atoms with van der Waals surface area (Å²) in [5.74, 6) is 0. The Labute approximate surface area is 165 Å². The lowest BCUT2D eigenvalue weighted by molar-refractivity contribution is 0.590. The molecule has 1 aromatic heterocycles. The second-order valence-corrected chi connectivity index (χ2v) is 8.09. The minimum atomic E-state index is -0.272. The number of hydrogen-bond donors (Lipinski definition) is 1. The highest BCUT2D eigenvalue weighted by atomic mass is 35.5. The van der Waals surface area contributed by atoms with Crippen LogP contribution in [0.15, 0.2) is 77.6 Å². The Balaban J connectivity index is 2.03. The van der Waals surface area contributed by atoms with Gasteiger partial charge in [0.25, 0.3) is 5.56 Å². The Bertz CT molecular complexity index is 993. The Morgan fingerprint density at radius 1 is 0.963 bits per heavy atom. The molecule has 0 unspecified atom stereocenters. The molecule has 138 valence electrons. The van der Waals surface area contributed by atoms with Crippen LogP contribution in [-0.4, -0.2) is 4.98 Å². The minimum absolute atomic E-state index is 0.0982. The van der Waals surface area contributed by atoms with Crippen LogP contribution in [0.2, 0.25) is 5.02 Å². The maximum Gasteiger partial charge on any atom is 0.267 e. The lowest BCUT2D eigenvalue weighted by Crippen LogP contribution is -2.11. The van der Waals surface area contributed by atoms with Crippen LogP contribution >= 0.6 is 11.6 Å². The van der Waals surface area contributed by atoms with E-state index in [9.17, 15) is 4.79 Å². The quantitative estimate of drug-likeness (QED) is 0.594. The van der Waals surface area contributed by atoms with Crippen LogP contribution in [0.3, 0.4) is 0 Å². The van der Waals surface area contributed by atoms with E-state index in [1.54, 1.807) is 6.07 Å². The van der Waals surface area contributed by atoms with Gasteiger partial charge in [0, 0.05) is 11.3 Å². The van der Waals surface area contributed by atoms with Gasteiger partial charge < -0.3 is 4.98 Å². The van der Waals surface area contributed by atoms with Crippen molar-refractivity contribution in [2.45, 2.75) is 32.6 Å². The van der Waals surface area contributed by atoms with Gasteiger partial charge in [-0.1, -0.05) is 93.0 Å². The van der Waals surface area contributed by atoms with Gasteiger partial charge in [-0.15, -0.1) is 0 Å². The first-order valence-corrected chi connectivity index (χ1v) is 9.46. The van der Waals surface area contributed by atoms with Crippen LogP contribution in [0.5, 0.6) is 0 Å². The summed E-state index contributed by atoms with van der Waals surface area (Å²) < 4.78 is 0. The molecule has 3 heteroatoms. The Morgan fingerprint density at radius 3 is 2.22 bits per heavy atom. The van der Waals surface area contributed by atoms with Gasteiger partial charge in [-0.05, 0) is 40.7 Å². The average molecular weight is 378 g/mol. The number of halogens is 1. The molecule has 1 heterocycles. The number of pyridine rings is 1. The number of allylic oxidation sites excluding steroid dienone is 1. The maximum atomic E-state index is 12.0. The molecule has 3 aromatic rings. The van der Waals surface area contributed by atoms with Gasteiger partial charge >= 0.3 is 0 Å². The zero-order chi connectivity index (χ0) is 19.4. The molecule has 0 aliphatic carbocycles. The van der Waals surface area contributed by atoms with Gasteiger partial charge in [0.15, 0.2) is 0 Å². The molecule has 3 rings (SSSR count). The predicted octanol–water partition coefficient (Wildman–Crippen LogP) is 6.00. The fraction of sp³-hybridized carbons (Fsp3) is 0.208. The Hall–Kier alpha value is -2.58. The van der Waals surface area contributed by atoms with Crippen molar-refractivity contribution in [1.29, 1.82) is 0 Å². The number of hydrogen-bond acceptors (Lipinski definition) is 1. The van der Waals surface area contributed by atoms with Crippen LogP contribution in [0.25, 0.3) is 5.57 Å². The molecule has 0 saturated heterocycles. The summed E-state index contributed by atoms with van der Waals surface area (Å²) in [4.78, 5) is 14.9. The molecule has 2 nitrogen and oxygen atoms in total. The third-order valence-electron chi connectivity index (χ3n) is 4.60. The topological polar surface area (TPSA) is 32.9 Å². The number of H-pyrrole nitrogens is 1. The second-order valence-electron chi connectivity index (χ2n) is 7.68. The smallest absolute Gasteiger partial charge is 0.267 e. The first kappa shape index (κ1) is 19.2. The average Bonchev–Trinajstić information content (AvgIpc) is 2.65. The van der Waals surface area contributed by atoms with Crippen molar-refractivity contribution >= 4 is 17.2 Å². The van der Waals surface area contributed by atoms with Crippen molar-refractivity contribution in [3.8, 4) is 0 Å². The fourth-order valence-electron chi connectivity index (χ4n) is 2.98. The molecule has 0 bridgehead atoms. The van der Waals surface area contributed by atoms with Crippen LogP contribution in [0.4, 0.5) is 0 Å². The van der Waals surface area contributed by atoms with Gasteiger partial charge in [0.1, 0.15) is 5.02 Å². The van der Waals surface area contributed by atoms with Crippen LogP contribution in [-0.2, 0) is 11.8 Å². The number of benzene rings is 2. The van der Waals surface area contributed by atoms with E-state index >= 15 is 0 Å². The predicted molar refractivity (Wildman–Crippen MR) is 114 cm³/mol. The second kappa shape index (κ2) is 7.98. The van der Waals surface area contributed by atoms with Crippen molar-refractivity contribution in [3.63, 3.8) is 0 Å². The van der Waals surface area contributed by atoms with E-state index in [2.05, 4.69) is 68.2 Å². The molecule has 0 aliphatic rings. The van der Waals surface area contributed by atoms with E-state index in [1.807, 2.05) is 24.3 Å². The highest BCUT2D eigenvalue weighted by molar-refractivity contribution is 6.30. The molecule has 27 heavy (non-hydrogen) atoms. The van der Waals surface area contributed by atoms with E-state index in [0.29, 0.717) is 0 Å². The summed E-state index contributed by atoms with van der Waals surface area (Å²) in [6.45, 7) is 6.60. The van der Waals surface area contributed by atoms with Gasteiger partial charge in [0.05, 0.1) is 0 Å². The lowest BCUT2D eigenvalue weighted by atomic mass is 9.86. The van der Waals surface area contributed by atoms with E-state index < -0.39 is 0 Å². The van der Waals surface area contributed by atoms with Crippen LogP contribution in [0.1, 0.15) is 43.2 Å². The molecule has 0 spiro atoms. The van der Waals surface area contributed by atoms with Crippen LogP contribution < -0.4 is 5.56 Å². The fourth-order valence-corrected chi connectivity index (χ4v) is 3.09. The monoisotopic (exact) mass is 377 g/mol. The first-order valence-electron chi connectivity index (χ1n) is 9.09. The van der Waals surface area contributed by atoms with E-state index in [4.69, 9.17) is 11.6 Å². The van der Waals surface area contributed by atoms with Gasteiger partial charge in [-0.25, -0.2) is 0 Å². The zero-order valence-electron chi connectivity index (χ0n) is 15.9. The summed E-state index contributed by atoms with van der Waals surface area (Å²) in [6, 6.07) is 22.3. The SMILES string of the molecule is CC(C)(C)c1ccc(/C(=C\Cc2ccccc2)c2ccc(Cl)c(=O)[nH]2)cc1. The van der Waals surface area contributed by atoms with Gasteiger partial charge in [-0.2, -0.15) is 0 Å². The Morgan fingerprint density at radius 2 is 1.63 bits per heavy atom. The third-order valence-corrected chi connectivity index (χ3v) is 4.90. The lowest BCUT2D eigenvalue weighted by Gasteiger charge is -2.19. The van der Waals surface area contributed by atoms with Crippen molar-refractivity contribution in [1.82, 2.24) is 4.98 Å². The molecule has 1 N–H and O–H groups in total. The van der Waals surface area contributed by atoms with Crippen LogP contribution in [0, 0.1) is 0 Å². The highest BCUT2D eigenvalue weighted by Crippen LogP contribution is 2.27. The number of rotatable bonds is 4. The summed E-state index contributed by atoms with van der Waals surface area (Å²) in [6.07, 6.45) is 2.93. The van der Waals surface area contributed by atoms with Gasteiger partial charge in [-0.3, -0.25) is 4.79 Å². The van der Waals surface area contributed by atoms with E-state index in [1.165, 1.54) is 11.1 Å². The molecule has 2 aromatic carbocycles. The zero-order valence-corrected chi connectivity index (χ0v) is 16.7. The van der Waals surface area contributed by atoms with E-state index in [0.717, 1.165) is 23.3 Å². The highest BCUT2D eigenvalue weighted by Gasteiger charge is 2.14. The minimum Gasteiger partial charge on any atom is -0.321 e. The molecule has 0 saturated carbocycles. The van der Waals surface area contributed by atoms with Crippen molar-refractivity contribution in [2.24, 2.45) is 0 Å². The van der Waals surface area contributed by atoms with E-state index in [-0.39, 0.29) is 16.0 Å². The largest absolute Gasteiger partial charge is 0.321 e. The van der Waals surface area contributed by atoms with Crippen molar-refractivity contribution in [2.75, 3.05) is 0 Å². The van der Waals surface area contributed by atoms with Gasteiger partial charge in [0.2, 0.25) is 0 Å². The third kappa shape index (κ3) is 4.78. The molecule has 0 fully saturated rings. The summed E-state index contributed by atoms with van der Waals surface area (Å²) >= 11 is 5.91. The molecule has 0 aliphatic heterocycles. The summed E-state index contributed by atoms with van der Waals surface area (Å²) in [5, 5.41) is 0.198. The molecular weight excluding hydrogens is 354 g/mol. The number of aromatic nitrogens is 1. The first-order chi connectivity index (χ1) is 12.8.